The zero-order valence-corrected chi connectivity index (χ0v) is 17.2. The lowest BCUT2D eigenvalue weighted by molar-refractivity contribution is -0.119. The van der Waals surface area contributed by atoms with Gasteiger partial charge in [0, 0.05) is 21.4 Å². The van der Waals surface area contributed by atoms with Crippen molar-refractivity contribution in [3.8, 4) is 11.5 Å². The maximum Gasteiger partial charge on any atom is 0.233 e. The minimum atomic E-state index is -1.39. The van der Waals surface area contributed by atoms with Gasteiger partial charge in [-0.25, -0.2) is 4.98 Å². The molecule has 0 radical (unpaired) electrons. The number of rotatable bonds is 7. The number of carbonyl (C=O) groups excluding carboxylic acids is 1. The summed E-state index contributed by atoms with van der Waals surface area (Å²) in [5, 5.41) is 3.50. The number of oxazole rings is 1. The van der Waals surface area contributed by atoms with Gasteiger partial charge >= 0.3 is 0 Å². The molecule has 1 heterocycles. The van der Waals surface area contributed by atoms with Crippen molar-refractivity contribution < 1.29 is 13.4 Å². The molecule has 5 nitrogen and oxygen atoms in total. The largest absolute Gasteiger partial charge is 0.441 e. The molecule has 2 atom stereocenters. The molecule has 0 saturated carbocycles. The van der Waals surface area contributed by atoms with Crippen molar-refractivity contribution in [1.29, 1.82) is 0 Å². The maximum absolute atomic E-state index is 12.4. The molecule has 0 fully saturated rings. The number of hydrogen-bond donors (Lipinski definition) is 1. The lowest BCUT2D eigenvalue weighted by Gasteiger charge is -2.13. The molecule has 0 aliphatic rings. The summed E-state index contributed by atoms with van der Waals surface area (Å²) < 4.78 is 18.1. The second kappa shape index (κ2) is 9.17. The first-order valence-corrected chi connectivity index (χ1v) is 10.7. The zero-order valence-electron chi connectivity index (χ0n) is 15.6. The highest BCUT2D eigenvalue weighted by atomic mass is 35.5. The van der Waals surface area contributed by atoms with Crippen molar-refractivity contribution >= 4 is 28.3 Å². The Hall–Kier alpha value is -2.44. The van der Waals surface area contributed by atoms with Crippen LogP contribution in [-0.4, -0.2) is 20.9 Å². The quantitative estimate of drug-likeness (QED) is 0.618. The molecule has 3 rings (SSSR count). The standard InChI is InChI=1S/C21H21ClN2O3S/c1-14(16-6-4-3-5-7-16)23-20(25)13-28(26)12-19-15(2)27-21(24-19)17-8-10-18(22)11-9-17/h3-11,14H,12-13H2,1-2H3,(H,23,25)/t14-,28-/m1/s1. The molecule has 0 aliphatic carbocycles. The number of carbonyl (C=O) groups is 1. The molecule has 0 aliphatic heterocycles. The van der Waals surface area contributed by atoms with Crippen LogP contribution in [0.25, 0.3) is 11.5 Å². The fourth-order valence-corrected chi connectivity index (χ4v) is 3.91. The van der Waals surface area contributed by atoms with Crippen molar-refractivity contribution in [2.45, 2.75) is 25.6 Å². The van der Waals surface area contributed by atoms with E-state index in [1.807, 2.05) is 49.4 Å². The third-order valence-corrected chi connectivity index (χ3v) is 5.68. The van der Waals surface area contributed by atoms with E-state index in [1.165, 1.54) is 0 Å². The van der Waals surface area contributed by atoms with Gasteiger partial charge in [-0.1, -0.05) is 41.9 Å². The fraction of sp³-hybridized carbons (Fsp3) is 0.238. The van der Waals surface area contributed by atoms with Crippen molar-refractivity contribution in [3.05, 3.63) is 76.6 Å². The number of nitrogens with zero attached hydrogens (tertiary/aromatic N) is 1. The van der Waals surface area contributed by atoms with Gasteiger partial charge in [-0.15, -0.1) is 0 Å². The topological polar surface area (TPSA) is 72.2 Å². The summed E-state index contributed by atoms with van der Waals surface area (Å²) in [6.45, 7) is 3.67. The molecular weight excluding hydrogens is 396 g/mol. The molecule has 0 bridgehead atoms. The summed E-state index contributed by atoms with van der Waals surface area (Å²) in [7, 11) is -1.39. The predicted molar refractivity (Wildman–Crippen MR) is 111 cm³/mol. The van der Waals surface area contributed by atoms with Gasteiger partial charge in [-0.2, -0.15) is 0 Å². The van der Waals surface area contributed by atoms with Gasteiger partial charge in [0.15, 0.2) is 0 Å². The van der Waals surface area contributed by atoms with E-state index in [9.17, 15) is 9.00 Å². The number of aryl methyl sites for hydroxylation is 1. The molecule has 0 unspecified atom stereocenters. The SMILES string of the molecule is Cc1oc(-c2ccc(Cl)cc2)nc1C[S@@](=O)CC(=O)N[C@H](C)c1ccccc1. The Morgan fingerprint density at radius 1 is 1.18 bits per heavy atom. The van der Waals surface area contributed by atoms with Gasteiger partial charge in [-0.3, -0.25) is 9.00 Å². The number of aromatic nitrogens is 1. The van der Waals surface area contributed by atoms with Gasteiger partial charge in [-0.05, 0) is 43.7 Å². The number of nitrogens with one attached hydrogen (secondary N) is 1. The van der Waals surface area contributed by atoms with Crippen LogP contribution in [0.15, 0.2) is 59.0 Å². The molecule has 2 aromatic carbocycles. The minimum Gasteiger partial charge on any atom is -0.441 e. The summed E-state index contributed by atoms with van der Waals surface area (Å²) >= 11 is 5.90. The highest BCUT2D eigenvalue weighted by Gasteiger charge is 2.17. The van der Waals surface area contributed by atoms with E-state index in [2.05, 4.69) is 10.3 Å². The van der Waals surface area contributed by atoms with Crippen LogP contribution in [0.5, 0.6) is 0 Å². The third kappa shape index (κ3) is 5.30. The Morgan fingerprint density at radius 2 is 1.86 bits per heavy atom. The summed E-state index contributed by atoms with van der Waals surface area (Å²) in [5.74, 6) is 0.865. The molecule has 0 spiro atoms. The summed E-state index contributed by atoms with van der Waals surface area (Å²) in [4.78, 5) is 16.6. The number of benzene rings is 2. The zero-order chi connectivity index (χ0) is 20.1. The van der Waals surface area contributed by atoms with Crippen LogP contribution in [0.4, 0.5) is 0 Å². The average molecular weight is 417 g/mol. The van der Waals surface area contributed by atoms with E-state index in [0.29, 0.717) is 22.4 Å². The summed E-state index contributed by atoms with van der Waals surface area (Å²) in [6.07, 6.45) is 0. The monoisotopic (exact) mass is 416 g/mol. The minimum absolute atomic E-state index is 0.0836. The Balaban J connectivity index is 1.59. The number of hydrogen-bond acceptors (Lipinski definition) is 4. The first-order chi connectivity index (χ1) is 13.4. The first kappa shape index (κ1) is 20.3. The predicted octanol–water partition coefficient (Wildman–Crippen LogP) is 4.43. The van der Waals surface area contributed by atoms with Gasteiger partial charge in [0.2, 0.25) is 11.8 Å². The van der Waals surface area contributed by atoms with E-state index >= 15 is 0 Å². The van der Waals surface area contributed by atoms with Gasteiger partial charge in [0.1, 0.15) is 11.5 Å². The second-order valence-electron chi connectivity index (χ2n) is 6.46. The van der Waals surface area contributed by atoms with Crippen LogP contribution in [0.1, 0.15) is 30.0 Å². The lowest BCUT2D eigenvalue weighted by Crippen LogP contribution is -2.31. The van der Waals surface area contributed by atoms with E-state index in [0.717, 1.165) is 11.1 Å². The van der Waals surface area contributed by atoms with E-state index < -0.39 is 10.8 Å². The van der Waals surface area contributed by atoms with Crippen LogP contribution in [-0.2, 0) is 21.3 Å². The van der Waals surface area contributed by atoms with Crippen LogP contribution in [0.3, 0.4) is 0 Å². The molecule has 3 aromatic rings. The molecule has 28 heavy (non-hydrogen) atoms. The second-order valence-corrected chi connectivity index (χ2v) is 8.35. The van der Waals surface area contributed by atoms with E-state index in [1.54, 1.807) is 19.1 Å². The molecule has 1 N–H and O–H groups in total. The molecule has 7 heteroatoms. The molecule has 1 aromatic heterocycles. The van der Waals surface area contributed by atoms with Gasteiger partial charge in [0.05, 0.1) is 17.5 Å². The first-order valence-electron chi connectivity index (χ1n) is 8.84. The average Bonchev–Trinajstić information content (AvgIpc) is 3.03. The summed E-state index contributed by atoms with van der Waals surface area (Å²) in [5.41, 5.74) is 2.38. The number of halogens is 1. The van der Waals surface area contributed by atoms with Crippen LogP contribution in [0.2, 0.25) is 5.02 Å². The summed E-state index contributed by atoms with van der Waals surface area (Å²) in [6, 6.07) is 16.6. The smallest absolute Gasteiger partial charge is 0.233 e. The Morgan fingerprint density at radius 3 is 2.54 bits per heavy atom. The highest BCUT2D eigenvalue weighted by Crippen LogP contribution is 2.24. The van der Waals surface area contributed by atoms with Crippen LogP contribution < -0.4 is 5.32 Å². The third-order valence-electron chi connectivity index (χ3n) is 4.25. The molecule has 0 saturated heterocycles. The Bertz CT molecular complexity index is 971. The lowest BCUT2D eigenvalue weighted by atomic mass is 10.1. The molecule has 146 valence electrons. The fourth-order valence-electron chi connectivity index (χ4n) is 2.74. The van der Waals surface area contributed by atoms with Crippen LogP contribution >= 0.6 is 11.6 Å². The molecule has 1 amide bonds. The van der Waals surface area contributed by atoms with E-state index in [4.69, 9.17) is 16.0 Å². The van der Waals surface area contributed by atoms with Crippen molar-refractivity contribution in [1.82, 2.24) is 10.3 Å². The van der Waals surface area contributed by atoms with Crippen molar-refractivity contribution in [2.75, 3.05) is 5.75 Å². The Labute approximate surface area is 171 Å². The van der Waals surface area contributed by atoms with Gasteiger partial charge in [0.25, 0.3) is 0 Å². The highest BCUT2D eigenvalue weighted by molar-refractivity contribution is 7.84. The van der Waals surface area contributed by atoms with Crippen LogP contribution in [0, 0.1) is 6.92 Å². The van der Waals surface area contributed by atoms with Crippen molar-refractivity contribution in [3.63, 3.8) is 0 Å². The van der Waals surface area contributed by atoms with Gasteiger partial charge < -0.3 is 9.73 Å². The maximum atomic E-state index is 12.4. The van der Waals surface area contributed by atoms with Crippen molar-refractivity contribution in [2.24, 2.45) is 0 Å². The van der Waals surface area contributed by atoms with E-state index in [-0.39, 0.29) is 23.5 Å². The molecular formula is C21H21ClN2O3S. The Kier molecular flexibility index (Phi) is 6.65. The number of amides is 1. The normalized spacial score (nSPS) is 13.1.